The summed E-state index contributed by atoms with van der Waals surface area (Å²) in [6.07, 6.45) is 3.23. The van der Waals surface area contributed by atoms with Crippen molar-refractivity contribution in [3.8, 4) is 17.1 Å². The maximum absolute atomic E-state index is 8.36. The van der Waals surface area contributed by atoms with Gasteiger partial charge in [0.05, 0.1) is 6.10 Å². The summed E-state index contributed by atoms with van der Waals surface area (Å²) >= 11 is 0. The minimum Gasteiger partial charge on any atom is -0.490 e. The molecule has 3 atom stereocenters. The summed E-state index contributed by atoms with van der Waals surface area (Å²) in [6.45, 7) is 6.44. The highest BCUT2D eigenvalue weighted by Gasteiger charge is 2.25. The lowest BCUT2D eigenvalue weighted by atomic mass is 10.1. The van der Waals surface area contributed by atoms with Gasteiger partial charge >= 0.3 is 0 Å². The van der Waals surface area contributed by atoms with Crippen LogP contribution >= 0.6 is 0 Å². The molecule has 0 aliphatic carbocycles. The Kier molecular flexibility index (Phi) is 8.14. The third-order valence-electron chi connectivity index (χ3n) is 6.69. The van der Waals surface area contributed by atoms with E-state index in [-0.39, 0.29) is 24.7 Å². The second-order valence-electron chi connectivity index (χ2n) is 9.09. The fourth-order valence-electron chi connectivity index (χ4n) is 4.51. The summed E-state index contributed by atoms with van der Waals surface area (Å²) in [5.41, 5.74) is 9.20. The molecule has 9 heteroatoms. The van der Waals surface area contributed by atoms with E-state index in [1.165, 1.54) is 5.56 Å². The number of ether oxygens (including phenoxy) is 2. The average molecular weight is 492 g/mol. The highest BCUT2D eigenvalue weighted by molar-refractivity contribution is 5.91. The largest absolute Gasteiger partial charge is 0.490 e. The number of methoxy groups -OCH3 is 1. The lowest BCUT2D eigenvalue weighted by Gasteiger charge is -2.24. The van der Waals surface area contributed by atoms with Crippen LogP contribution in [-0.4, -0.2) is 70.0 Å². The number of hydrogen-bond donors (Lipinski definition) is 2. The van der Waals surface area contributed by atoms with Crippen molar-refractivity contribution in [2.45, 2.75) is 38.5 Å². The van der Waals surface area contributed by atoms with E-state index in [2.05, 4.69) is 63.0 Å². The van der Waals surface area contributed by atoms with Crippen LogP contribution in [0.4, 0.5) is 0 Å². The number of pyridine rings is 1. The Labute approximate surface area is 210 Å². The van der Waals surface area contributed by atoms with Gasteiger partial charge in [0.25, 0.3) is 6.47 Å². The van der Waals surface area contributed by atoms with Crippen molar-refractivity contribution in [1.82, 2.24) is 19.5 Å². The molecular formula is C27H33N5O4. The number of nitrogens with zero attached hydrogens (tertiary/aromatic N) is 4. The Bertz CT molecular complexity index is 1320. The van der Waals surface area contributed by atoms with Gasteiger partial charge in [0.15, 0.2) is 11.5 Å². The molecule has 5 rings (SSSR count). The number of carboxylic acid groups (broad SMARTS) is 1. The van der Waals surface area contributed by atoms with Crippen LogP contribution in [0.25, 0.3) is 27.8 Å². The molecule has 3 N–H and O–H groups in total. The monoisotopic (exact) mass is 491 g/mol. The number of carbonyl (C=O) groups is 1. The van der Waals surface area contributed by atoms with E-state index in [4.69, 9.17) is 25.1 Å². The lowest BCUT2D eigenvalue weighted by Crippen LogP contribution is -2.28. The highest BCUT2D eigenvalue weighted by atomic mass is 16.5. The van der Waals surface area contributed by atoms with E-state index in [9.17, 15) is 0 Å². The Morgan fingerprint density at radius 1 is 1.19 bits per heavy atom. The van der Waals surface area contributed by atoms with E-state index >= 15 is 0 Å². The van der Waals surface area contributed by atoms with Crippen LogP contribution in [0.2, 0.25) is 0 Å². The van der Waals surface area contributed by atoms with Crippen molar-refractivity contribution in [2.24, 2.45) is 5.73 Å². The maximum atomic E-state index is 8.36. The Morgan fingerprint density at radius 2 is 2.00 bits per heavy atom. The van der Waals surface area contributed by atoms with Gasteiger partial charge in [-0.25, -0.2) is 0 Å². The van der Waals surface area contributed by atoms with Gasteiger partial charge in [-0.05, 0) is 49.4 Å². The zero-order valence-electron chi connectivity index (χ0n) is 20.9. The fraction of sp³-hybridized carbons (Fsp3) is 0.370. The number of hydrogen-bond acceptors (Lipinski definition) is 7. The normalized spacial score (nSPS) is 17.5. The standard InChI is InChI=1S/C26H31N5O2.CH2O2/c1-17(32-3)16-33-24-6-4-5-19-7-8-20(13-23(19)24)26-29-28-25-10-9-21(14-31(25)26)18(2)30-12-11-22(27)15-30;2-1-3/h4-10,13-14,17-18,22H,11-12,15-16,27H2,1-3H3;1H,(H,2,3)/t17-,18+,22+;/m1./s1. The number of fused-ring (bicyclic) bond motifs is 2. The molecule has 0 spiro atoms. The van der Waals surface area contributed by atoms with Gasteiger partial charge in [-0.1, -0.05) is 30.3 Å². The highest BCUT2D eigenvalue weighted by Crippen LogP contribution is 2.31. The van der Waals surface area contributed by atoms with Crippen LogP contribution in [0.5, 0.6) is 5.75 Å². The first-order valence-electron chi connectivity index (χ1n) is 12.1. The van der Waals surface area contributed by atoms with Crippen molar-refractivity contribution >= 4 is 22.9 Å². The number of benzene rings is 2. The van der Waals surface area contributed by atoms with E-state index in [1.807, 2.05) is 25.1 Å². The molecule has 0 radical (unpaired) electrons. The Morgan fingerprint density at radius 3 is 2.72 bits per heavy atom. The van der Waals surface area contributed by atoms with Crippen molar-refractivity contribution in [3.05, 3.63) is 60.3 Å². The van der Waals surface area contributed by atoms with Crippen LogP contribution in [0, 0.1) is 0 Å². The van der Waals surface area contributed by atoms with Crippen molar-refractivity contribution in [2.75, 3.05) is 26.8 Å². The molecule has 190 valence electrons. The summed E-state index contributed by atoms with van der Waals surface area (Å²) < 4.78 is 13.5. The smallest absolute Gasteiger partial charge is 0.290 e. The summed E-state index contributed by atoms with van der Waals surface area (Å²) in [5.74, 6) is 1.66. The molecule has 3 heterocycles. The van der Waals surface area contributed by atoms with Crippen LogP contribution in [-0.2, 0) is 9.53 Å². The van der Waals surface area contributed by atoms with E-state index in [1.54, 1.807) is 7.11 Å². The van der Waals surface area contributed by atoms with Gasteiger partial charge in [-0.3, -0.25) is 14.1 Å². The molecule has 1 aliphatic rings. The number of likely N-dealkylation sites (tertiary alicyclic amines) is 1. The molecule has 4 aromatic rings. The predicted octanol–water partition coefficient (Wildman–Crippen LogP) is 3.76. The summed E-state index contributed by atoms with van der Waals surface area (Å²) in [4.78, 5) is 10.8. The molecule has 2 aromatic heterocycles. The Hall–Kier alpha value is -3.53. The number of aromatic nitrogens is 3. The van der Waals surface area contributed by atoms with E-state index in [0.717, 1.165) is 53.1 Å². The summed E-state index contributed by atoms with van der Waals surface area (Å²) in [7, 11) is 1.69. The van der Waals surface area contributed by atoms with Gasteiger partial charge in [-0.15, -0.1) is 10.2 Å². The summed E-state index contributed by atoms with van der Waals surface area (Å²) in [6, 6.07) is 17.2. The molecule has 1 aliphatic heterocycles. The van der Waals surface area contributed by atoms with Gasteiger partial charge in [-0.2, -0.15) is 0 Å². The molecule has 1 saturated heterocycles. The average Bonchev–Trinajstić information content (AvgIpc) is 3.52. The third kappa shape index (κ3) is 5.48. The zero-order chi connectivity index (χ0) is 25.7. The number of rotatable bonds is 7. The molecule has 1 fully saturated rings. The van der Waals surface area contributed by atoms with Gasteiger partial charge < -0.3 is 20.3 Å². The van der Waals surface area contributed by atoms with Crippen molar-refractivity contribution in [3.63, 3.8) is 0 Å². The first kappa shape index (κ1) is 25.6. The third-order valence-corrected chi connectivity index (χ3v) is 6.69. The molecule has 0 amide bonds. The first-order chi connectivity index (χ1) is 17.4. The predicted molar refractivity (Wildman–Crippen MR) is 139 cm³/mol. The minimum atomic E-state index is -0.250. The Balaban J connectivity index is 0.000000967. The SMILES string of the molecule is CO[C@H](C)COc1cccc2ccc(-c3nnc4ccc([C@H](C)N5CC[C@H](N)C5)cn34)cc12.O=CO. The van der Waals surface area contributed by atoms with Crippen LogP contribution in [0.15, 0.2) is 54.7 Å². The minimum absolute atomic E-state index is 0.0226. The van der Waals surface area contributed by atoms with Gasteiger partial charge in [0.2, 0.25) is 0 Å². The molecule has 36 heavy (non-hydrogen) atoms. The number of nitrogens with two attached hydrogens (primary N) is 1. The molecule has 9 nitrogen and oxygen atoms in total. The van der Waals surface area contributed by atoms with Crippen LogP contribution < -0.4 is 10.5 Å². The fourth-order valence-corrected chi connectivity index (χ4v) is 4.51. The van der Waals surface area contributed by atoms with Gasteiger partial charge in [0.1, 0.15) is 12.4 Å². The zero-order valence-corrected chi connectivity index (χ0v) is 20.9. The molecule has 0 saturated carbocycles. The van der Waals surface area contributed by atoms with Crippen LogP contribution in [0.1, 0.15) is 31.9 Å². The van der Waals surface area contributed by atoms with E-state index in [0.29, 0.717) is 6.61 Å². The molecule has 0 unspecified atom stereocenters. The molecular weight excluding hydrogens is 458 g/mol. The quantitative estimate of drug-likeness (QED) is 0.376. The van der Waals surface area contributed by atoms with Gasteiger partial charge in [0, 0.05) is 49.4 Å². The summed E-state index contributed by atoms with van der Waals surface area (Å²) in [5, 5.41) is 18.0. The second kappa shape index (κ2) is 11.5. The lowest BCUT2D eigenvalue weighted by molar-refractivity contribution is -0.122. The second-order valence-corrected chi connectivity index (χ2v) is 9.09. The van der Waals surface area contributed by atoms with Crippen molar-refractivity contribution in [1.29, 1.82) is 0 Å². The molecule has 0 bridgehead atoms. The molecule has 2 aromatic carbocycles. The van der Waals surface area contributed by atoms with Crippen LogP contribution in [0.3, 0.4) is 0 Å². The topological polar surface area (TPSA) is 115 Å². The van der Waals surface area contributed by atoms with Crippen molar-refractivity contribution < 1.29 is 19.4 Å². The maximum Gasteiger partial charge on any atom is 0.290 e. The first-order valence-corrected chi connectivity index (χ1v) is 12.1. The van der Waals surface area contributed by atoms with E-state index < -0.39 is 0 Å².